The molecular weight excluding hydrogens is 652 g/mol. The Bertz CT molecular complexity index is 1720. The molecular formula is C37H46O13. The highest BCUT2D eigenvalue weighted by Gasteiger charge is 3.05. The van der Waals surface area contributed by atoms with Crippen molar-refractivity contribution >= 4 is 29.7 Å². The maximum atomic E-state index is 14.6. The zero-order chi connectivity index (χ0) is 36.2. The van der Waals surface area contributed by atoms with Gasteiger partial charge < -0.3 is 37.6 Å². The third-order valence-electron chi connectivity index (χ3n) is 14.2. The molecule has 4 aliphatic carbocycles. The maximum absolute atomic E-state index is 14.6. The monoisotopic (exact) mass is 698 g/mol. The van der Waals surface area contributed by atoms with Crippen molar-refractivity contribution in [2.75, 3.05) is 7.11 Å². The van der Waals surface area contributed by atoms with Gasteiger partial charge in [-0.05, 0) is 31.2 Å². The van der Waals surface area contributed by atoms with E-state index < -0.39 is 104 Å². The number of Topliss-reactive ketones (excluding diaryl/α,β-unsaturated/α-hetero) is 1. The third-order valence-corrected chi connectivity index (χ3v) is 14.2. The second-order valence-electron chi connectivity index (χ2n) is 17.1. The van der Waals surface area contributed by atoms with Gasteiger partial charge in [-0.1, -0.05) is 48.5 Å². The molecule has 12 atom stereocenters. The zero-order valence-electron chi connectivity index (χ0n) is 30.0. The van der Waals surface area contributed by atoms with Gasteiger partial charge in [-0.25, -0.2) is 0 Å². The number of rotatable bonds is 8. The van der Waals surface area contributed by atoms with Crippen molar-refractivity contribution in [1.29, 1.82) is 0 Å². The van der Waals surface area contributed by atoms with E-state index in [1.54, 1.807) is 40.7 Å². The van der Waals surface area contributed by atoms with Crippen LogP contribution in [0.15, 0.2) is 23.0 Å². The van der Waals surface area contributed by atoms with Gasteiger partial charge in [0, 0.05) is 35.5 Å². The lowest BCUT2D eigenvalue weighted by Crippen LogP contribution is -2.94. The third kappa shape index (κ3) is 3.35. The van der Waals surface area contributed by atoms with Crippen LogP contribution < -0.4 is 0 Å². The standard InChI is InChI=1S/C37H46O13/c1-18(2)26(41)46-28-31(6)17-35-32(7,21(31)14-23(38)43-9)34-12-11-30(5,25(40)20-10-13-44-16-20)22-15-24(39)45-29(37(28,35)47-27(42)19(3)4)36(22,34)50-33(8,48-34)49-35/h10,13,16,18-19,21-22,28-29H,11-12,14-15,17H2,1-9H3/t21?,22?,28?,29?,30?,31?,32-,33?,34?,35?,36?,37?/m0/s1. The number of carbonyl (C=O) groups excluding carboxylic acids is 5. The van der Waals surface area contributed by atoms with Crippen LogP contribution in [0.3, 0.4) is 0 Å². The first kappa shape index (κ1) is 33.8. The maximum Gasteiger partial charge on any atom is 0.309 e. The number of ketones is 1. The molecule has 13 nitrogen and oxygen atoms in total. The normalized spacial score (nSPS) is 48.7. The lowest BCUT2D eigenvalue weighted by molar-refractivity contribution is -0.477. The molecule has 3 saturated heterocycles. The predicted octanol–water partition coefficient (Wildman–Crippen LogP) is 4.29. The Hall–Kier alpha value is -3.29. The summed E-state index contributed by atoms with van der Waals surface area (Å²) in [7, 11) is 1.32. The van der Waals surface area contributed by atoms with Gasteiger partial charge in [0.25, 0.3) is 5.97 Å². The minimum atomic E-state index is -1.97. The summed E-state index contributed by atoms with van der Waals surface area (Å²) < 4.78 is 51.7. The van der Waals surface area contributed by atoms with E-state index >= 15 is 0 Å². The van der Waals surface area contributed by atoms with Crippen LogP contribution in [-0.4, -0.2) is 77.4 Å². The average molecular weight is 699 g/mol. The Morgan fingerprint density at radius 2 is 1.62 bits per heavy atom. The number of fused-ring (bicyclic) bond motifs is 3. The quantitative estimate of drug-likeness (QED) is 0.215. The summed E-state index contributed by atoms with van der Waals surface area (Å²) in [6, 6.07) is 1.59. The SMILES string of the molecule is COC(=O)CC1C2(C)CC34OC5(C)OC67C(CC(=O)OC6C3(OC(=O)C(C)C)C2OC(=O)C(C)C)C(C)(C(=O)c2ccoc2)CCC7(O5)[C@]14C. The van der Waals surface area contributed by atoms with E-state index in [1.807, 2.05) is 20.8 Å². The minimum Gasteiger partial charge on any atom is -0.472 e. The second-order valence-corrected chi connectivity index (χ2v) is 17.1. The van der Waals surface area contributed by atoms with Crippen molar-refractivity contribution in [3.63, 3.8) is 0 Å². The average Bonchev–Trinajstić information content (AvgIpc) is 3.74. The van der Waals surface area contributed by atoms with E-state index in [4.69, 9.17) is 37.6 Å². The molecule has 0 aromatic carbocycles. The molecule has 7 aliphatic rings. The molecule has 7 fully saturated rings. The predicted molar refractivity (Wildman–Crippen MR) is 168 cm³/mol. The summed E-state index contributed by atoms with van der Waals surface area (Å²) in [5.41, 5.74) is -9.68. The second kappa shape index (κ2) is 9.77. The van der Waals surface area contributed by atoms with Crippen LogP contribution in [0.1, 0.15) is 97.9 Å². The minimum absolute atomic E-state index is 0.100. The fourth-order valence-electron chi connectivity index (χ4n) is 12.4. The Labute approximate surface area is 290 Å². The molecule has 1 aromatic rings. The van der Waals surface area contributed by atoms with Crippen LogP contribution in [0.5, 0.6) is 0 Å². The summed E-state index contributed by atoms with van der Waals surface area (Å²) in [5, 5.41) is 0. The molecule has 4 saturated carbocycles. The first-order valence-corrected chi connectivity index (χ1v) is 17.7. The van der Waals surface area contributed by atoms with E-state index in [2.05, 4.69) is 0 Å². The zero-order valence-corrected chi connectivity index (χ0v) is 30.0. The molecule has 0 N–H and O–H groups in total. The van der Waals surface area contributed by atoms with Gasteiger partial charge in [0.2, 0.25) is 5.60 Å². The van der Waals surface area contributed by atoms with Crippen molar-refractivity contribution < 1.29 is 61.5 Å². The summed E-state index contributed by atoms with van der Waals surface area (Å²) in [6.45, 7) is 14.1. The van der Waals surface area contributed by atoms with Crippen LogP contribution in [0.25, 0.3) is 0 Å². The molecule has 0 radical (unpaired) electrons. The number of hydrogen-bond donors (Lipinski definition) is 0. The highest BCUT2D eigenvalue weighted by molar-refractivity contribution is 6.01. The number of carbonyl (C=O) groups is 5. The molecule has 4 bridgehead atoms. The molecule has 8 rings (SSSR count). The molecule has 4 heterocycles. The highest BCUT2D eigenvalue weighted by Crippen LogP contribution is 2.90. The number of ether oxygens (including phenoxy) is 7. The summed E-state index contributed by atoms with van der Waals surface area (Å²) in [4.78, 5) is 70.0. The molecule has 3 spiro atoms. The van der Waals surface area contributed by atoms with Gasteiger partial charge in [0.05, 0.1) is 37.2 Å². The fourth-order valence-corrected chi connectivity index (χ4v) is 12.4. The van der Waals surface area contributed by atoms with Crippen LogP contribution in [0, 0.1) is 39.9 Å². The van der Waals surface area contributed by atoms with Crippen molar-refractivity contribution in [3.05, 3.63) is 24.2 Å². The largest absolute Gasteiger partial charge is 0.472 e. The Kier molecular flexibility index (Phi) is 6.61. The van der Waals surface area contributed by atoms with Crippen LogP contribution in [-0.2, 0) is 52.3 Å². The molecule has 1 aromatic heterocycles. The van der Waals surface area contributed by atoms with Gasteiger partial charge in [-0.2, -0.15) is 0 Å². The van der Waals surface area contributed by atoms with Gasteiger partial charge >= 0.3 is 23.9 Å². The van der Waals surface area contributed by atoms with E-state index in [1.165, 1.54) is 19.6 Å². The number of esters is 4. The lowest BCUT2D eigenvalue weighted by atomic mass is 9.33. The van der Waals surface area contributed by atoms with Crippen LogP contribution >= 0.6 is 0 Å². The van der Waals surface area contributed by atoms with Crippen molar-refractivity contribution in [2.45, 2.75) is 128 Å². The van der Waals surface area contributed by atoms with Crippen LogP contribution in [0.4, 0.5) is 0 Å². The molecule has 3 aliphatic heterocycles. The Morgan fingerprint density at radius 3 is 2.24 bits per heavy atom. The first-order valence-electron chi connectivity index (χ1n) is 17.7. The fraction of sp³-hybridized carbons (Fsp3) is 0.757. The molecule has 272 valence electrons. The van der Waals surface area contributed by atoms with Gasteiger partial charge in [-0.15, -0.1) is 0 Å². The molecule has 13 heteroatoms. The van der Waals surface area contributed by atoms with Crippen molar-refractivity contribution in [2.24, 2.45) is 39.9 Å². The van der Waals surface area contributed by atoms with E-state index in [0.717, 1.165) is 0 Å². The molecule has 11 unspecified atom stereocenters. The number of furan rings is 1. The molecule has 50 heavy (non-hydrogen) atoms. The van der Waals surface area contributed by atoms with Gasteiger partial charge in [0.15, 0.2) is 18.0 Å². The Morgan fingerprint density at radius 1 is 0.940 bits per heavy atom. The lowest BCUT2D eigenvalue weighted by Gasteiger charge is -2.77. The van der Waals surface area contributed by atoms with Crippen molar-refractivity contribution in [3.8, 4) is 0 Å². The summed E-state index contributed by atoms with van der Waals surface area (Å²) >= 11 is 0. The van der Waals surface area contributed by atoms with Crippen LogP contribution in [0.2, 0.25) is 0 Å². The topological polar surface area (TPSA) is 163 Å². The number of hydrogen-bond acceptors (Lipinski definition) is 13. The number of methoxy groups -OCH3 is 1. The molecule has 0 amide bonds. The van der Waals surface area contributed by atoms with Gasteiger partial charge in [-0.3, -0.25) is 24.0 Å². The summed E-state index contributed by atoms with van der Waals surface area (Å²) in [6.07, 6.45) is 0.500. The van der Waals surface area contributed by atoms with E-state index in [-0.39, 0.29) is 31.5 Å². The first-order chi connectivity index (χ1) is 23.3. The Balaban J connectivity index is 1.48. The van der Waals surface area contributed by atoms with E-state index in [0.29, 0.717) is 12.0 Å². The smallest absolute Gasteiger partial charge is 0.309 e. The highest BCUT2D eigenvalue weighted by atomic mass is 16.9. The van der Waals surface area contributed by atoms with Crippen molar-refractivity contribution in [1.82, 2.24) is 0 Å². The summed E-state index contributed by atoms with van der Waals surface area (Å²) in [5.74, 6) is -7.06. The van der Waals surface area contributed by atoms with Gasteiger partial charge in [0.1, 0.15) is 23.1 Å². The van der Waals surface area contributed by atoms with E-state index in [9.17, 15) is 24.0 Å².